The maximum atomic E-state index is 4.08. The Balaban J connectivity index is 0.000000342. The Morgan fingerprint density at radius 1 is 1.27 bits per heavy atom. The average Bonchev–Trinajstić information content (AvgIpc) is 2.98. The maximum Gasteiger partial charge on any atom is 0.162 e. The zero-order valence-electron chi connectivity index (χ0n) is 11.5. The van der Waals surface area contributed by atoms with Crippen molar-refractivity contribution in [1.29, 1.82) is 0 Å². The highest BCUT2D eigenvalue weighted by atomic mass is 15.1. The van der Waals surface area contributed by atoms with E-state index in [0.717, 1.165) is 5.92 Å². The second kappa shape index (κ2) is 7.03. The lowest BCUT2D eigenvalue weighted by atomic mass is 9.92. The molecular weight excluding hydrogens is 182 g/mol. The second-order valence-electron chi connectivity index (χ2n) is 4.79. The molecule has 1 atom stereocenters. The second-order valence-corrected chi connectivity index (χ2v) is 4.79. The van der Waals surface area contributed by atoms with Gasteiger partial charge in [0.1, 0.15) is 13.3 Å². The van der Waals surface area contributed by atoms with Gasteiger partial charge in [-0.05, 0) is 5.92 Å². The zero-order valence-corrected chi connectivity index (χ0v) is 11.5. The third-order valence-corrected chi connectivity index (χ3v) is 3.12. The van der Waals surface area contributed by atoms with Gasteiger partial charge in [-0.3, -0.25) is 0 Å². The van der Waals surface area contributed by atoms with Crippen molar-refractivity contribution in [1.82, 2.24) is 0 Å². The van der Waals surface area contributed by atoms with Crippen LogP contribution in [0.2, 0.25) is 0 Å². The summed E-state index contributed by atoms with van der Waals surface area (Å²) in [5, 5.41) is 0. The van der Waals surface area contributed by atoms with Crippen LogP contribution in [0.1, 0.15) is 66.7 Å². The minimum absolute atomic E-state index is 0.581. The number of hydrogen-bond acceptors (Lipinski definition) is 0. The lowest BCUT2D eigenvalue weighted by molar-refractivity contribution is -0.587. The third-order valence-electron chi connectivity index (χ3n) is 3.12. The van der Waals surface area contributed by atoms with Crippen molar-refractivity contribution >= 4 is 6.72 Å². The van der Waals surface area contributed by atoms with Crippen molar-refractivity contribution in [3.63, 3.8) is 0 Å². The fraction of sp³-hybridized carbons (Fsp3) is 0.929. The molecule has 2 aliphatic rings. The largest absolute Gasteiger partial charge is 0.237 e. The average molecular weight is 212 g/mol. The summed E-state index contributed by atoms with van der Waals surface area (Å²) in [5.41, 5.74) is 0.581. The molecule has 0 radical (unpaired) electrons. The highest BCUT2D eigenvalue weighted by Crippen LogP contribution is 2.47. The summed E-state index contributed by atoms with van der Waals surface area (Å²) in [4.78, 5) is 0. The van der Waals surface area contributed by atoms with Crippen molar-refractivity contribution in [2.45, 2.75) is 72.3 Å². The van der Waals surface area contributed by atoms with Crippen molar-refractivity contribution < 1.29 is 4.58 Å². The molecule has 0 aromatic rings. The van der Waals surface area contributed by atoms with Gasteiger partial charge < -0.3 is 0 Å². The first-order valence-corrected chi connectivity index (χ1v) is 6.72. The summed E-state index contributed by atoms with van der Waals surface area (Å²) in [6.45, 7) is 15.9. The monoisotopic (exact) mass is 212 g/mol. The van der Waals surface area contributed by atoms with E-state index in [4.69, 9.17) is 0 Å². The summed E-state index contributed by atoms with van der Waals surface area (Å²) < 4.78 is 2.33. The van der Waals surface area contributed by atoms with Gasteiger partial charge >= 0.3 is 0 Å². The molecule has 1 unspecified atom stereocenters. The van der Waals surface area contributed by atoms with Crippen LogP contribution in [0, 0.1) is 5.92 Å². The SMILES string of the molecule is C=[N+]1CCC(C)CC12CC2.CC.CCC. The first-order chi connectivity index (χ1) is 7.14. The molecule has 1 heterocycles. The van der Waals surface area contributed by atoms with E-state index in [0.29, 0.717) is 5.54 Å². The normalized spacial score (nSPS) is 25.9. The van der Waals surface area contributed by atoms with Crippen molar-refractivity contribution in [3.8, 4) is 0 Å². The molecule has 0 amide bonds. The first kappa shape index (κ1) is 14.7. The third kappa shape index (κ3) is 4.36. The van der Waals surface area contributed by atoms with Gasteiger partial charge in [0.25, 0.3) is 0 Å². The summed E-state index contributed by atoms with van der Waals surface area (Å²) in [7, 11) is 0. The van der Waals surface area contributed by atoms with Crippen LogP contribution >= 0.6 is 0 Å². The Morgan fingerprint density at radius 2 is 1.73 bits per heavy atom. The lowest BCUT2D eigenvalue weighted by Gasteiger charge is -2.23. The predicted octanol–water partition coefficient (Wildman–Crippen LogP) is 4.10. The van der Waals surface area contributed by atoms with Gasteiger partial charge in [-0.25, -0.2) is 4.58 Å². The number of nitrogens with zero attached hydrogens (tertiary/aromatic N) is 1. The fourth-order valence-electron chi connectivity index (χ4n) is 2.16. The van der Waals surface area contributed by atoms with E-state index in [2.05, 4.69) is 32.1 Å². The zero-order chi connectivity index (χ0) is 11.9. The minimum Gasteiger partial charge on any atom is -0.237 e. The van der Waals surface area contributed by atoms with Gasteiger partial charge in [-0.2, -0.15) is 0 Å². The van der Waals surface area contributed by atoms with Crippen LogP contribution < -0.4 is 0 Å². The molecule has 15 heavy (non-hydrogen) atoms. The maximum absolute atomic E-state index is 4.08. The molecule has 1 heteroatoms. The molecule has 1 saturated heterocycles. The molecule has 1 aliphatic carbocycles. The molecule has 1 aliphatic heterocycles. The number of hydrogen-bond donors (Lipinski definition) is 0. The van der Waals surface area contributed by atoms with E-state index in [1.807, 2.05) is 13.8 Å². The van der Waals surface area contributed by atoms with Crippen LogP contribution in [0.15, 0.2) is 0 Å². The van der Waals surface area contributed by atoms with Crippen molar-refractivity contribution in [3.05, 3.63) is 0 Å². The number of piperidine rings is 1. The summed E-state index contributed by atoms with van der Waals surface area (Å²) >= 11 is 0. The Labute approximate surface area is 96.6 Å². The van der Waals surface area contributed by atoms with E-state index in [1.54, 1.807) is 0 Å². The Bertz CT molecular complexity index is 180. The van der Waals surface area contributed by atoms with E-state index in [9.17, 15) is 0 Å². The smallest absolute Gasteiger partial charge is 0.162 e. The number of rotatable bonds is 0. The van der Waals surface area contributed by atoms with Gasteiger partial charge in [-0.1, -0.05) is 41.0 Å². The van der Waals surface area contributed by atoms with E-state index in [-0.39, 0.29) is 0 Å². The summed E-state index contributed by atoms with van der Waals surface area (Å²) in [6.07, 6.45) is 6.81. The molecule has 1 nitrogen and oxygen atoms in total. The molecule has 0 aromatic heterocycles. The molecule has 0 aromatic carbocycles. The molecule has 0 bridgehead atoms. The van der Waals surface area contributed by atoms with E-state index in [1.165, 1.54) is 38.6 Å². The Hall–Kier alpha value is -0.330. The lowest BCUT2D eigenvalue weighted by Crippen LogP contribution is -2.35. The topological polar surface area (TPSA) is 3.01 Å². The molecule has 0 N–H and O–H groups in total. The fourth-order valence-corrected chi connectivity index (χ4v) is 2.16. The molecule has 1 spiro atoms. The summed E-state index contributed by atoms with van der Waals surface area (Å²) in [6, 6.07) is 0. The van der Waals surface area contributed by atoms with Gasteiger partial charge in [-0.15, -0.1) is 0 Å². The van der Waals surface area contributed by atoms with E-state index >= 15 is 0 Å². The highest BCUT2D eigenvalue weighted by Gasteiger charge is 2.54. The molecular formula is C14H30N+. The van der Waals surface area contributed by atoms with Crippen LogP contribution in [-0.2, 0) is 0 Å². The standard InChI is InChI=1S/C9H16N.C3H8.C2H6/c1-8-3-6-10(2)9(7-8)4-5-9;1-3-2;1-2/h8H,2-7H2,1H3;3H2,1-2H3;1-2H3/q+1;;. The van der Waals surface area contributed by atoms with E-state index < -0.39 is 0 Å². The molecule has 2 fully saturated rings. The van der Waals surface area contributed by atoms with Crippen LogP contribution in [0.25, 0.3) is 0 Å². The summed E-state index contributed by atoms with van der Waals surface area (Å²) in [5.74, 6) is 0.945. The Kier molecular flexibility index (Phi) is 6.87. The first-order valence-electron chi connectivity index (χ1n) is 6.72. The quantitative estimate of drug-likeness (QED) is 0.532. The Morgan fingerprint density at radius 3 is 2.07 bits per heavy atom. The van der Waals surface area contributed by atoms with Gasteiger partial charge in [0, 0.05) is 25.7 Å². The van der Waals surface area contributed by atoms with Gasteiger partial charge in [0.2, 0.25) is 0 Å². The molecule has 90 valence electrons. The van der Waals surface area contributed by atoms with Crippen LogP contribution in [0.4, 0.5) is 0 Å². The van der Waals surface area contributed by atoms with Crippen LogP contribution in [0.3, 0.4) is 0 Å². The van der Waals surface area contributed by atoms with Crippen LogP contribution in [0.5, 0.6) is 0 Å². The van der Waals surface area contributed by atoms with Gasteiger partial charge in [0.15, 0.2) is 5.54 Å². The molecule has 1 saturated carbocycles. The minimum atomic E-state index is 0.581. The van der Waals surface area contributed by atoms with Crippen molar-refractivity contribution in [2.75, 3.05) is 6.54 Å². The molecule has 2 rings (SSSR count). The van der Waals surface area contributed by atoms with Gasteiger partial charge in [0.05, 0.1) is 0 Å². The highest BCUT2D eigenvalue weighted by molar-refractivity contribution is 5.18. The van der Waals surface area contributed by atoms with Crippen molar-refractivity contribution in [2.24, 2.45) is 5.92 Å². The van der Waals surface area contributed by atoms with Crippen LogP contribution in [-0.4, -0.2) is 23.4 Å². The predicted molar refractivity (Wildman–Crippen MR) is 69.9 cm³/mol.